The Morgan fingerprint density at radius 2 is 1.79 bits per heavy atom. The fraction of sp³-hybridized carbons (Fsp3) is 0.273. The lowest BCUT2D eigenvalue weighted by Crippen LogP contribution is -2.53. The van der Waals surface area contributed by atoms with Crippen LogP contribution in [-0.4, -0.2) is 48.0 Å². The van der Waals surface area contributed by atoms with Gasteiger partial charge in [0.2, 0.25) is 5.91 Å². The molecule has 1 unspecified atom stereocenters. The first-order valence-electron chi connectivity index (χ1n) is 9.51. The molecule has 2 heterocycles. The number of amides is 1. The zero-order valence-corrected chi connectivity index (χ0v) is 16.6. The number of rotatable bonds is 4. The van der Waals surface area contributed by atoms with E-state index in [9.17, 15) is 4.79 Å². The Balaban J connectivity index is 1.39. The normalized spacial score (nSPS) is 16.1. The SMILES string of the molecule is CC(C(=O)Nc1cccc2ccccc12)N1CCN(c2ccc(Cl)cn2)CC1. The Hall–Kier alpha value is -2.63. The molecule has 1 N–H and O–H groups in total. The van der Waals surface area contributed by atoms with Crippen molar-refractivity contribution in [3.63, 3.8) is 0 Å². The molecule has 1 aliphatic heterocycles. The number of hydrogen-bond acceptors (Lipinski definition) is 4. The second-order valence-electron chi connectivity index (χ2n) is 7.05. The van der Waals surface area contributed by atoms with Crippen molar-refractivity contribution in [3.05, 3.63) is 65.8 Å². The average molecular weight is 395 g/mol. The molecular formula is C22H23ClN4O. The lowest BCUT2D eigenvalue weighted by molar-refractivity contribution is -0.120. The van der Waals surface area contributed by atoms with Crippen LogP contribution in [0.5, 0.6) is 0 Å². The van der Waals surface area contributed by atoms with Gasteiger partial charge in [-0.15, -0.1) is 0 Å². The number of fused-ring (bicyclic) bond motifs is 1. The van der Waals surface area contributed by atoms with E-state index in [2.05, 4.69) is 32.2 Å². The number of piperazine rings is 1. The van der Waals surface area contributed by atoms with E-state index < -0.39 is 0 Å². The van der Waals surface area contributed by atoms with E-state index in [4.69, 9.17) is 11.6 Å². The van der Waals surface area contributed by atoms with E-state index in [0.29, 0.717) is 5.02 Å². The Labute approximate surface area is 169 Å². The van der Waals surface area contributed by atoms with Crippen molar-refractivity contribution in [1.82, 2.24) is 9.88 Å². The van der Waals surface area contributed by atoms with Gasteiger partial charge in [0, 0.05) is 43.4 Å². The van der Waals surface area contributed by atoms with E-state index in [0.717, 1.165) is 48.5 Å². The molecule has 1 saturated heterocycles. The molecule has 0 spiro atoms. The molecule has 0 saturated carbocycles. The van der Waals surface area contributed by atoms with E-state index in [1.807, 2.05) is 49.4 Å². The molecule has 1 aromatic heterocycles. The highest BCUT2D eigenvalue weighted by atomic mass is 35.5. The Morgan fingerprint density at radius 1 is 1.04 bits per heavy atom. The minimum atomic E-state index is -0.195. The van der Waals surface area contributed by atoms with Crippen molar-refractivity contribution in [1.29, 1.82) is 0 Å². The van der Waals surface area contributed by atoms with Crippen molar-refractivity contribution in [2.45, 2.75) is 13.0 Å². The van der Waals surface area contributed by atoms with Crippen LogP contribution in [0.15, 0.2) is 60.8 Å². The van der Waals surface area contributed by atoms with Crippen LogP contribution < -0.4 is 10.2 Å². The van der Waals surface area contributed by atoms with E-state index in [1.165, 1.54) is 0 Å². The minimum Gasteiger partial charge on any atom is -0.354 e. The standard InChI is InChI=1S/C22H23ClN4O/c1-16(22(28)25-20-8-4-6-17-5-2-3-7-19(17)20)26-11-13-27(14-12-26)21-10-9-18(23)15-24-21/h2-10,15-16H,11-14H2,1H3,(H,25,28). The zero-order chi connectivity index (χ0) is 19.5. The summed E-state index contributed by atoms with van der Waals surface area (Å²) in [5.41, 5.74) is 0.860. The molecular weight excluding hydrogens is 372 g/mol. The number of hydrogen-bond donors (Lipinski definition) is 1. The number of carbonyl (C=O) groups excluding carboxylic acids is 1. The maximum Gasteiger partial charge on any atom is 0.241 e. The van der Waals surface area contributed by atoms with Gasteiger partial charge in [0.25, 0.3) is 0 Å². The van der Waals surface area contributed by atoms with Gasteiger partial charge in [0.1, 0.15) is 5.82 Å². The number of aromatic nitrogens is 1. The summed E-state index contributed by atoms with van der Waals surface area (Å²) in [5.74, 6) is 0.950. The third kappa shape index (κ3) is 3.96. The van der Waals surface area contributed by atoms with Crippen LogP contribution in [0.25, 0.3) is 10.8 Å². The lowest BCUT2D eigenvalue weighted by atomic mass is 10.1. The summed E-state index contributed by atoms with van der Waals surface area (Å²) in [6.07, 6.45) is 1.67. The van der Waals surface area contributed by atoms with E-state index in [-0.39, 0.29) is 11.9 Å². The second kappa shape index (κ2) is 8.17. The number of carbonyl (C=O) groups is 1. The molecule has 28 heavy (non-hydrogen) atoms. The molecule has 4 rings (SSSR count). The zero-order valence-electron chi connectivity index (χ0n) is 15.8. The molecule has 1 atom stereocenters. The highest BCUT2D eigenvalue weighted by Gasteiger charge is 2.26. The molecule has 1 amide bonds. The summed E-state index contributed by atoms with van der Waals surface area (Å²) >= 11 is 5.92. The fourth-order valence-corrected chi connectivity index (χ4v) is 3.74. The van der Waals surface area contributed by atoms with Crippen molar-refractivity contribution < 1.29 is 4.79 Å². The van der Waals surface area contributed by atoms with Gasteiger partial charge >= 0.3 is 0 Å². The number of halogens is 1. The Morgan fingerprint density at radius 3 is 2.54 bits per heavy atom. The second-order valence-corrected chi connectivity index (χ2v) is 7.49. The summed E-state index contributed by atoms with van der Waals surface area (Å²) in [6, 6.07) is 17.7. The van der Waals surface area contributed by atoms with Crippen LogP contribution >= 0.6 is 11.6 Å². The molecule has 3 aromatic rings. The first-order valence-corrected chi connectivity index (χ1v) is 9.89. The van der Waals surface area contributed by atoms with Crippen LogP contribution in [0, 0.1) is 0 Å². The largest absolute Gasteiger partial charge is 0.354 e. The minimum absolute atomic E-state index is 0.0226. The maximum atomic E-state index is 12.9. The summed E-state index contributed by atoms with van der Waals surface area (Å²) in [5, 5.41) is 5.93. The number of nitrogens with one attached hydrogen (secondary N) is 1. The highest BCUT2D eigenvalue weighted by Crippen LogP contribution is 2.23. The predicted octanol–water partition coefficient (Wildman–Crippen LogP) is 4.04. The summed E-state index contributed by atoms with van der Waals surface area (Å²) in [4.78, 5) is 21.7. The van der Waals surface area contributed by atoms with Gasteiger partial charge in [-0.25, -0.2) is 4.98 Å². The third-order valence-corrected chi connectivity index (χ3v) is 5.55. The quantitative estimate of drug-likeness (QED) is 0.725. The van der Waals surface area contributed by atoms with Crippen LogP contribution in [-0.2, 0) is 4.79 Å². The molecule has 6 heteroatoms. The van der Waals surface area contributed by atoms with E-state index in [1.54, 1.807) is 6.20 Å². The van der Waals surface area contributed by atoms with Gasteiger partial charge in [0.05, 0.1) is 11.1 Å². The molecule has 0 bridgehead atoms. The smallest absolute Gasteiger partial charge is 0.241 e. The number of pyridine rings is 1. The van der Waals surface area contributed by atoms with Crippen LogP contribution in [0.3, 0.4) is 0 Å². The summed E-state index contributed by atoms with van der Waals surface area (Å²) in [7, 11) is 0. The predicted molar refractivity (Wildman–Crippen MR) is 115 cm³/mol. The van der Waals surface area contributed by atoms with Gasteiger partial charge in [-0.3, -0.25) is 9.69 Å². The third-order valence-electron chi connectivity index (χ3n) is 5.32. The monoisotopic (exact) mass is 394 g/mol. The summed E-state index contributed by atoms with van der Waals surface area (Å²) < 4.78 is 0. The van der Waals surface area contributed by atoms with Crippen molar-refractivity contribution in [3.8, 4) is 0 Å². The molecule has 2 aromatic carbocycles. The van der Waals surface area contributed by atoms with Gasteiger partial charge in [-0.1, -0.05) is 48.0 Å². The van der Waals surface area contributed by atoms with Crippen molar-refractivity contribution in [2.75, 3.05) is 36.4 Å². The van der Waals surface area contributed by atoms with Gasteiger partial charge in [-0.2, -0.15) is 0 Å². The van der Waals surface area contributed by atoms with Gasteiger partial charge < -0.3 is 10.2 Å². The molecule has 5 nitrogen and oxygen atoms in total. The molecule has 0 aliphatic carbocycles. The van der Waals surface area contributed by atoms with Gasteiger partial charge in [0.15, 0.2) is 0 Å². The lowest BCUT2D eigenvalue weighted by Gasteiger charge is -2.38. The van der Waals surface area contributed by atoms with Crippen molar-refractivity contribution >= 4 is 39.8 Å². The first kappa shape index (κ1) is 18.7. The topological polar surface area (TPSA) is 48.5 Å². The number of nitrogens with zero attached hydrogens (tertiary/aromatic N) is 3. The molecule has 1 aliphatic rings. The van der Waals surface area contributed by atoms with Crippen molar-refractivity contribution in [2.24, 2.45) is 0 Å². The van der Waals surface area contributed by atoms with Crippen LogP contribution in [0.1, 0.15) is 6.92 Å². The van der Waals surface area contributed by atoms with Gasteiger partial charge in [-0.05, 0) is 30.5 Å². The van der Waals surface area contributed by atoms with Crippen LogP contribution in [0.4, 0.5) is 11.5 Å². The molecule has 144 valence electrons. The van der Waals surface area contributed by atoms with E-state index >= 15 is 0 Å². The maximum absolute atomic E-state index is 12.9. The highest BCUT2D eigenvalue weighted by molar-refractivity contribution is 6.30. The first-order chi connectivity index (χ1) is 13.6. The average Bonchev–Trinajstić information content (AvgIpc) is 2.74. The fourth-order valence-electron chi connectivity index (χ4n) is 3.63. The Kier molecular flexibility index (Phi) is 5.46. The number of anilines is 2. The number of benzene rings is 2. The molecule has 1 fully saturated rings. The summed E-state index contributed by atoms with van der Waals surface area (Å²) in [6.45, 7) is 5.26. The van der Waals surface area contributed by atoms with Crippen LogP contribution in [0.2, 0.25) is 5.02 Å². The Bertz CT molecular complexity index is 962. The molecule has 0 radical (unpaired) electrons.